The molecule has 1 unspecified atom stereocenters. The second-order valence-electron chi connectivity index (χ2n) is 5.47. The summed E-state index contributed by atoms with van der Waals surface area (Å²) in [5.74, 6) is -3.33. The Hall–Kier alpha value is -2.28. The zero-order valence-corrected chi connectivity index (χ0v) is 13.0. The van der Waals surface area contributed by atoms with Crippen LogP contribution >= 0.6 is 0 Å². The van der Waals surface area contributed by atoms with E-state index in [9.17, 15) is 18.0 Å². The van der Waals surface area contributed by atoms with Gasteiger partial charge in [-0.25, -0.2) is 13.2 Å². The van der Waals surface area contributed by atoms with Crippen molar-refractivity contribution in [3.63, 3.8) is 0 Å². The Morgan fingerprint density at radius 1 is 1.22 bits per heavy atom. The van der Waals surface area contributed by atoms with Gasteiger partial charge in [0, 0.05) is 0 Å². The fourth-order valence-corrected chi connectivity index (χ4v) is 2.10. The van der Waals surface area contributed by atoms with Gasteiger partial charge in [-0.2, -0.15) is 0 Å². The van der Waals surface area contributed by atoms with Gasteiger partial charge in [0.05, 0.1) is 12.7 Å². The zero-order chi connectivity index (χ0) is 17.1. The largest absolute Gasteiger partial charge is 0.460 e. The number of rotatable bonds is 5. The van der Waals surface area contributed by atoms with Crippen molar-refractivity contribution in [2.75, 3.05) is 12.4 Å². The van der Waals surface area contributed by atoms with Gasteiger partial charge in [0.15, 0.2) is 29.3 Å². The van der Waals surface area contributed by atoms with Crippen molar-refractivity contribution in [3.05, 3.63) is 53.2 Å². The van der Waals surface area contributed by atoms with Crippen molar-refractivity contribution in [2.24, 2.45) is 0 Å². The third-order valence-corrected chi connectivity index (χ3v) is 3.67. The summed E-state index contributed by atoms with van der Waals surface area (Å²) >= 11 is 0. The number of benzene rings is 1. The summed E-state index contributed by atoms with van der Waals surface area (Å²) in [6.45, 7) is 3.93. The zero-order valence-electron chi connectivity index (χ0n) is 13.0. The number of nitrogens with one attached hydrogen (secondary N) is 2. The lowest BCUT2D eigenvalue weighted by Gasteiger charge is -2.20. The SMILES string of the molecule is Cc1ccc(C[NH+](C)[C@H](C)C(=O)Nc2ccc(F)c(F)c2F)o1. The number of halogens is 3. The van der Waals surface area contributed by atoms with Crippen molar-refractivity contribution in [3.8, 4) is 0 Å². The Bertz CT molecular complexity index is 715. The van der Waals surface area contributed by atoms with Crippen LogP contribution in [0.1, 0.15) is 18.4 Å². The Kier molecular flexibility index (Phi) is 5.10. The summed E-state index contributed by atoms with van der Waals surface area (Å²) in [4.78, 5) is 13.0. The Morgan fingerprint density at radius 3 is 2.52 bits per heavy atom. The summed E-state index contributed by atoms with van der Waals surface area (Å²) in [7, 11) is 1.78. The lowest BCUT2D eigenvalue weighted by molar-refractivity contribution is -0.908. The highest BCUT2D eigenvalue weighted by molar-refractivity contribution is 5.93. The van der Waals surface area contributed by atoms with Crippen molar-refractivity contribution >= 4 is 11.6 Å². The van der Waals surface area contributed by atoms with Crippen LogP contribution in [0.3, 0.4) is 0 Å². The average molecular weight is 327 g/mol. The molecule has 2 aromatic rings. The molecule has 0 radical (unpaired) electrons. The standard InChI is InChI=1S/C16H17F3N2O2/c1-9-4-5-11(23-9)8-21(3)10(2)16(22)20-13-7-6-12(17)14(18)15(13)19/h4-7,10H,8H2,1-3H3,(H,20,22)/p+1/t10-/m1/s1. The van der Waals surface area contributed by atoms with Gasteiger partial charge in [0.1, 0.15) is 12.3 Å². The Labute approximate surface area is 131 Å². The number of amides is 1. The molecule has 4 nitrogen and oxygen atoms in total. The van der Waals surface area contributed by atoms with E-state index in [0.717, 1.165) is 28.6 Å². The first-order chi connectivity index (χ1) is 10.8. The summed E-state index contributed by atoms with van der Waals surface area (Å²) in [6, 6.07) is 4.85. The highest BCUT2D eigenvalue weighted by Gasteiger charge is 2.25. The number of anilines is 1. The van der Waals surface area contributed by atoms with E-state index in [1.165, 1.54) is 0 Å². The maximum atomic E-state index is 13.6. The number of carbonyl (C=O) groups excluding carboxylic acids is 1. The monoisotopic (exact) mass is 327 g/mol. The number of likely N-dealkylation sites (N-methyl/N-ethyl adjacent to an activating group) is 1. The minimum atomic E-state index is -1.61. The molecule has 2 atom stereocenters. The van der Waals surface area contributed by atoms with Gasteiger partial charge in [-0.05, 0) is 38.1 Å². The van der Waals surface area contributed by atoms with Gasteiger partial charge >= 0.3 is 0 Å². The highest BCUT2D eigenvalue weighted by Crippen LogP contribution is 2.19. The number of quaternary nitrogens is 1. The molecule has 2 N–H and O–H groups in total. The molecule has 1 heterocycles. The number of hydrogen-bond donors (Lipinski definition) is 2. The molecule has 1 aromatic heterocycles. The molecule has 0 aliphatic carbocycles. The predicted octanol–water partition coefficient (Wildman–Crippen LogP) is 2.05. The van der Waals surface area contributed by atoms with Gasteiger partial charge < -0.3 is 14.6 Å². The quantitative estimate of drug-likeness (QED) is 0.826. The average Bonchev–Trinajstić information content (AvgIpc) is 2.92. The summed E-state index contributed by atoms with van der Waals surface area (Å²) < 4.78 is 45.1. The Balaban J connectivity index is 2.03. The topological polar surface area (TPSA) is 46.7 Å². The minimum Gasteiger partial charge on any atom is -0.460 e. The number of furan rings is 1. The lowest BCUT2D eigenvalue weighted by Crippen LogP contribution is -3.12. The van der Waals surface area contributed by atoms with Crippen LogP contribution < -0.4 is 10.2 Å². The Morgan fingerprint density at radius 2 is 1.91 bits per heavy atom. The first-order valence-electron chi connectivity index (χ1n) is 7.11. The van der Waals surface area contributed by atoms with E-state index in [2.05, 4.69) is 5.32 Å². The van der Waals surface area contributed by atoms with E-state index in [-0.39, 0.29) is 5.69 Å². The molecule has 1 amide bonds. The maximum absolute atomic E-state index is 13.6. The van der Waals surface area contributed by atoms with Crippen LogP contribution in [0, 0.1) is 24.4 Å². The van der Waals surface area contributed by atoms with Crippen molar-refractivity contribution in [2.45, 2.75) is 26.4 Å². The summed E-state index contributed by atoms with van der Waals surface area (Å²) in [5.41, 5.74) is -0.387. The maximum Gasteiger partial charge on any atom is 0.282 e. The van der Waals surface area contributed by atoms with E-state index in [0.29, 0.717) is 6.54 Å². The molecule has 0 fully saturated rings. The van der Waals surface area contributed by atoms with Crippen LogP contribution in [0.4, 0.5) is 18.9 Å². The molecular formula is C16H18F3N2O2+. The molecule has 0 aliphatic heterocycles. The fourth-order valence-electron chi connectivity index (χ4n) is 2.10. The van der Waals surface area contributed by atoms with E-state index in [1.54, 1.807) is 14.0 Å². The van der Waals surface area contributed by atoms with Crippen LogP contribution in [0.25, 0.3) is 0 Å². The normalized spacial score (nSPS) is 13.7. The number of hydrogen-bond acceptors (Lipinski definition) is 2. The van der Waals surface area contributed by atoms with Crippen LogP contribution in [0.15, 0.2) is 28.7 Å². The van der Waals surface area contributed by atoms with Crippen molar-refractivity contribution in [1.82, 2.24) is 0 Å². The fraction of sp³-hybridized carbons (Fsp3) is 0.312. The van der Waals surface area contributed by atoms with Crippen LogP contribution in [0.5, 0.6) is 0 Å². The molecule has 7 heteroatoms. The van der Waals surface area contributed by atoms with Crippen molar-refractivity contribution < 1.29 is 27.3 Å². The number of aryl methyl sites for hydroxylation is 1. The first kappa shape index (κ1) is 17.1. The predicted molar refractivity (Wildman–Crippen MR) is 78.4 cm³/mol. The van der Waals surface area contributed by atoms with E-state index in [4.69, 9.17) is 4.42 Å². The molecule has 1 aromatic carbocycles. The van der Waals surface area contributed by atoms with E-state index in [1.807, 2.05) is 19.1 Å². The van der Waals surface area contributed by atoms with Gasteiger partial charge in [-0.15, -0.1) is 0 Å². The van der Waals surface area contributed by atoms with Gasteiger partial charge in [-0.3, -0.25) is 4.79 Å². The molecule has 0 bridgehead atoms. The molecule has 23 heavy (non-hydrogen) atoms. The lowest BCUT2D eigenvalue weighted by atomic mass is 10.2. The molecule has 2 rings (SSSR count). The van der Waals surface area contributed by atoms with Crippen LogP contribution in [-0.2, 0) is 11.3 Å². The molecule has 124 valence electrons. The second kappa shape index (κ2) is 6.87. The van der Waals surface area contributed by atoms with Crippen molar-refractivity contribution in [1.29, 1.82) is 0 Å². The summed E-state index contributed by atoms with van der Waals surface area (Å²) in [6.07, 6.45) is 0. The second-order valence-corrected chi connectivity index (χ2v) is 5.47. The van der Waals surface area contributed by atoms with Crippen LogP contribution in [-0.4, -0.2) is 19.0 Å². The van der Waals surface area contributed by atoms with E-state index < -0.39 is 29.4 Å². The van der Waals surface area contributed by atoms with Crippen LogP contribution in [0.2, 0.25) is 0 Å². The summed E-state index contributed by atoms with van der Waals surface area (Å²) in [5, 5.41) is 2.28. The molecule has 0 spiro atoms. The number of carbonyl (C=O) groups is 1. The smallest absolute Gasteiger partial charge is 0.282 e. The van der Waals surface area contributed by atoms with Gasteiger partial charge in [0.25, 0.3) is 5.91 Å². The van der Waals surface area contributed by atoms with E-state index >= 15 is 0 Å². The van der Waals surface area contributed by atoms with Gasteiger partial charge in [0.2, 0.25) is 0 Å². The van der Waals surface area contributed by atoms with Gasteiger partial charge in [-0.1, -0.05) is 0 Å². The first-order valence-corrected chi connectivity index (χ1v) is 7.11. The highest BCUT2D eigenvalue weighted by atomic mass is 19.2. The molecule has 0 saturated heterocycles. The third kappa shape index (κ3) is 3.92. The minimum absolute atomic E-state index is 0.387. The molecule has 0 aliphatic rings. The molecular weight excluding hydrogens is 309 g/mol. The molecule has 0 saturated carbocycles. The third-order valence-electron chi connectivity index (χ3n) is 3.67.